The highest BCUT2D eigenvalue weighted by Crippen LogP contribution is 2.20. The fourth-order valence-corrected chi connectivity index (χ4v) is 3.94. The van der Waals surface area contributed by atoms with Crippen molar-refractivity contribution in [2.75, 3.05) is 7.11 Å². The van der Waals surface area contributed by atoms with E-state index >= 15 is 0 Å². The number of fused-ring (bicyclic) bond motifs is 1. The molecule has 0 saturated carbocycles. The zero-order valence-corrected chi connectivity index (χ0v) is 14.5. The van der Waals surface area contributed by atoms with E-state index in [1.54, 1.807) is 24.3 Å². The van der Waals surface area contributed by atoms with E-state index in [9.17, 15) is 9.59 Å². The number of carbonyl (C=O) groups is 2. The highest BCUT2D eigenvalue weighted by atomic mass is 32.1. The molecule has 0 radical (unpaired) electrons. The number of esters is 1. The van der Waals surface area contributed by atoms with Gasteiger partial charge in [-0.15, -0.1) is 17.9 Å². The highest BCUT2D eigenvalue weighted by Gasteiger charge is 2.12. The second kappa shape index (κ2) is 6.94. The van der Waals surface area contributed by atoms with Gasteiger partial charge in [-0.25, -0.2) is 4.79 Å². The lowest BCUT2D eigenvalue weighted by Gasteiger charge is -2.02. The fraction of sp³-hybridized carbons (Fsp3) is 0.118. The van der Waals surface area contributed by atoms with Gasteiger partial charge in [0.1, 0.15) is 0 Å². The van der Waals surface area contributed by atoms with Crippen molar-refractivity contribution in [1.82, 2.24) is 4.57 Å². The van der Waals surface area contributed by atoms with Crippen LogP contribution in [0, 0.1) is 0 Å². The first-order valence-electron chi connectivity index (χ1n) is 7.09. The number of nitrogens with zero attached hydrogens (tertiary/aromatic N) is 2. The van der Waals surface area contributed by atoms with Gasteiger partial charge in [-0.3, -0.25) is 4.79 Å². The Morgan fingerprint density at radius 2 is 2.21 bits per heavy atom. The van der Waals surface area contributed by atoms with E-state index in [2.05, 4.69) is 11.6 Å². The first kappa shape index (κ1) is 16.4. The molecule has 0 fully saturated rings. The van der Waals surface area contributed by atoms with Crippen LogP contribution in [0.1, 0.15) is 20.0 Å². The molecule has 0 aliphatic heterocycles. The van der Waals surface area contributed by atoms with Crippen LogP contribution >= 0.6 is 22.7 Å². The van der Waals surface area contributed by atoms with Crippen LogP contribution in [0.2, 0.25) is 0 Å². The third kappa shape index (κ3) is 3.08. The number of allylic oxidation sites excluding steroid dienone is 1. The molecular weight excluding hydrogens is 344 g/mol. The minimum atomic E-state index is -0.395. The van der Waals surface area contributed by atoms with Gasteiger partial charge in [0.2, 0.25) is 0 Å². The summed E-state index contributed by atoms with van der Waals surface area (Å²) in [6.07, 6.45) is 1.75. The van der Waals surface area contributed by atoms with Crippen molar-refractivity contribution in [3.05, 3.63) is 63.6 Å². The number of methoxy groups -OCH3 is 1. The van der Waals surface area contributed by atoms with E-state index in [0.29, 0.717) is 21.8 Å². The van der Waals surface area contributed by atoms with E-state index in [1.165, 1.54) is 29.8 Å². The third-order valence-electron chi connectivity index (χ3n) is 3.34. The summed E-state index contributed by atoms with van der Waals surface area (Å²) in [6.45, 7) is 4.28. The number of rotatable bonds is 4. The monoisotopic (exact) mass is 358 g/mol. The first-order valence-corrected chi connectivity index (χ1v) is 8.79. The molecule has 1 amide bonds. The Hall–Kier alpha value is -2.51. The van der Waals surface area contributed by atoms with Crippen LogP contribution in [0.4, 0.5) is 0 Å². The van der Waals surface area contributed by atoms with Crippen LogP contribution in [0.25, 0.3) is 10.2 Å². The Kier molecular flexibility index (Phi) is 4.73. The maximum Gasteiger partial charge on any atom is 0.337 e. The molecule has 0 aliphatic carbocycles. The van der Waals surface area contributed by atoms with Gasteiger partial charge in [-0.1, -0.05) is 23.5 Å². The Morgan fingerprint density at radius 3 is 2.88 bits per heavy atom. The van der Waals surface area contributed by atoms with Gasteiger partial charge in [-0.05, 0) is 29.6 Å². The van der Waals surface area contributed by atoms with E-state index in [1.807, 2.05) is 22.1 Å². The molecule has 7 heteroatoms. The van der Waals surface area contributed by atoms with Crippen LogP contribution in [0.5, 0.6) is 0 Å². The Bertz CT molecular complexity index is 981. The second-order valence-corrected chi connectivity index (χ2v) is 6.81. The lowest BCUT2D eigenvalue weighted by atomic mass is 10.2. The van der Waals surface area contributed by atoms with Crippen molar-refractivity contribution < 1.29 is 14.3 Å². The lowest BCUT2D eigenvalue weighted by Crippen LogP contribution is -2.16. The molecule has 0 spiro atoms. The number of ether oxygens (including phenoxy) is 1. The van der Waals surface area contributed by atoms with Crippen LogP contribution in [-0.2, 0) is 11.3 Å². The third-order valence-corrected chi connectivity index (χ3v) is 5.24. The molecule has 0 atom stereocenters. The zero-order valence-electron chi connectivity index (χ0n) is 12.9. The average Bonchev–Trinajstić information content (AvgIpc) is 3.23. The molecule has 1 aromatic carbocycles. The SMILES string of the molecule is C=CCn1c(=NC(=O)c2cccs2)sc2cc(C(=O)OC)ccc21. The molecule has 3 aromatic rings. The molecular formula is C17H14N2O3S2. The van der Waals surface area contributed by atoms with E-state index < -0.39 is 5.97 Å². The quantitative estimate of drug-likeness (QED) is 0.530. The predicted octanol–water partition coefficient (Wildman–Crippen LogP) is 3.48. The fourth-order valence-electron chi connectivity index (χ4n) is 2.25. The molecule has 0 N–H and O–H groups in total. The maximum absolute atomic E-state index is 12.3. The van der Waals surface area contributed by atoms with Gasteiger partial charge < -0.3 is 9.30 Å². The van der Waals surface area contributed by atoms with E-state index in [4.69, 9.17) is 4.74 Å². The predicted molar refractivity (Wildman–Crippen MR) is 95.6 cm³/mol. The standard InChI is InChI=1S/C17H14N2O3S2/c1-3-8-19-12-7-6-11(16(21)22-2)10-14(12)24-17(19)18-15(20)13-5-4-9-23-13/h3-7,9-10H,1,8H2,2H3. The first-order chi connectivity index (χ1) is 11.6. The summed E-state index contributed by atoms with van der Waals surface area (Å²) >= 11 is 2.71. The summed E-state index contributed by atoms with van der Waals surface area (Å²) in [5, 5.41) is 1.84. The van der Waals surface area contributed by atoms with E-state index in [0.717, 1.165) is 10.2 Å². The molecule has 0 saturated heterocycles. The molecule has 122 valence electrons. The zero-order chi connectivity index (χ0) is 17.1. The summed E-state index contributed by atoms with van der Waals surface area (Å²) < 4.78 is 7.51. The summed E-state index contributed by atoms with van der Waals surface area (Å²) in [6, 6.07) is 8.84. The Balaban J connectivity index is 2.16. The van der Waals surface area contributed by atoms with Crippen molar-refractivity contribution >= 4 is 44.8 Å². The number of aromatic nitrogens is 1. The maximum atomic E-state index is 12.3. The van der Waals surface area contributed by atoms with Crippen molar-refractivity contribution in [1.29, 1.82) is 0 Å². The Labute approximate surface area is 146 Å². The number of hydrogen-bond acceptors (Lipinski definition) is 5. The molecule has 0 unspecified atom stereocenters. The van der Waals surface area contributed by atoms with E-state index in [-0.39, 0.29) is 5.91 Å². The molecule has 2 aromatic heterocycles. The van der Waals surface area contributed by atoms with Crippen molar-refractivity contribution in [2.24, 2.45) is 4.99 Å². The van der Waals surface area contributed by atoms with Crippen molar-refractivity contribution in [2.45, 2.75) is 6.54 Å². The van der Waals surface area contributed by atoms with Gasteiger partial charge in [-0.2, -0.15) is 4.99 Å². The summed E-state index contributed by atoms with van der Waals surface area (Å²) in [5.74, 6) is -0.670. The molecule has 0 bridgehead atoms. The number of amides is 1. The summed E-state index contributed by atoms with van der Waals surface area (Å²) in [7, 11) is 1.35. The van der Waals surface area contributed by atoms with Crippen molar-refractivity contribution in [3.63, 3.8) is 0 Å². The van der Waals surface area contributed by atoms with Crippen LogP contribution in [-0.4, -0.2) is 23.6 Å². The minimum absolute atomic E-state index is 0.275. The molecule has 2 heterocycles. The number of benzene rings is 1. The minimum Gasteiger partial charge on any atom is -0.465 e. The van der Waals surface area contributed by atoms with Crippen LogP contribution in [0.3, 0.4) is 0 Å². The van der Waals surface area contributed by atoms with Gasteiger partial charge in [0.15, 0.2) is 4.80 Å². The van der Waals surface area contributed by atoms with Gasteiger partial charge >= 0.3 is 5.97 Å². The average molecular weight is 358 g/mol. The van der Waals surface area contributed by atoms with Crippen LogP contribution in [0.15, 0.2) is 53.4 Å². The van der Waals surface area contributed by atoms with Gasteiger partial charge in [0.05, 0.1) is 27.8 Å². The number of hydrogen-bond donors (Lipinski definition) is 0. The van der Waals surface area contributed by atoms with Crippen molar-refractivity contribution in [3.8, 4) is 0 Å². The molecule has 0 aliphatic rings. The normalized spacial score (nSPS) is 11.6. The molecule has 24 heavy (non-hydrogen) atoms. The lowest BCUT2D eigenvalue weighted by molar-refractivity contribution is 0.0601. The van der Waals surface area contributed by atoms with Gasteiger partial charge in [0, 0.05) is 6.54 Å². The molecule has 3 rings (SSSR count). The largest absolute Gasteiger partial charge is 0.465 e. The number of carbonyl (C=O) groups excluding carboxylic acids is 2. The number of thiazole rings is 1. The summed E-state index contributed by atoms with van der Waals surface area (Å²) in [4.78, 5) is 29.4. The van der Waals surface area contributed by atoms with Crippen LogP contribution < -0.4 is 4.80 Å². The smallest absolute Gasteiger partial charge is 0.337 e. The summed E-state index contributed by atoms with van der Waals surface area (Å²) in [5.41, 5.74) is 1.36. The Morgan fingerprint density at radius 1 is 1.38 bits per heavy atom. The van der Waals surface area contributed by atoms with Gasteiger partial charge in [0.25, 0.3) is 5.91 Å². The topological polar surface area (TPSA) is 60.7 Å². The number of thiophene rings is 1. The second-order valence-electron chi connectivity index (χ2n) is 4.85. The molecule has 5 nitrogen and oxygen atoms in total. The highest BCUT2D eigenvalue weighted by molar-refractivity contribution is 7.16.